The molecule has 65 heavy (non-hydrogen) atoms. The number of hydrogen-bond donors (Lipinski definition) is 1. The summed E-state index contributed by atoms with van der Waals surface area (Å²) in [5, 5.41) is 13.2. The third-order valence-corrected chi connectivity index (χ3v) is 11.6. The minimum Gasteiger partial charge on any atom is -0.507 e. The Morgan fingerprint density at radius 1 is 0.538 bits per heavy atom. The van der Waals surface area contributed by atoms with E-state index >= 15 is 0 Å². The number of nitrogens with zero attached hydrogens (tertiary/aromatic N) is 3. The van der Waals surface area contributed by atoms with Crippen LogP contribution in [0.5, 0.6) is 5.75 Å². The molecule has 0 unspecified atom stereocenters. The third-order valence-electron chi connectivity index (χ3n) is 11.6. The highest BCUT2D eigenvalue weighted by Gasteiger charge is 2.30. The zero-order valence-corrected chi connectivity index (χ0v) is 36.6. The van der Waals surface area contributed by atoms with Gasteiger partial charge in [-0.25, -0.2) is 4.98 Å². The Morgan fingerprint density at radius 3 is 1.88 bits per heavy atom. The summed E-state index contributed by atoms with van der Waals surface area (Å²) in [6, 6.07) is 32.5. The van der Waals surface area contributed by atoms with Crippen LogP contribution in [-0.2, 0) is 21.7 Å². The number of phenolic OH excluding ortho intramolecular Hbond substituents is 1. The molecule has 332 valence electrons. The monoisotopic (exact) mass is 886 g/mol. The first-order valence-electron chi connectivity index (χ1n) is 34.9. The van der Waals surface area contributed by atoms with Crippen molar-refractivity contribution in [2.45, 2.75) is 124 Å². The minimum atomic E-state index is -4.33. The SMILES string of the molecule is [2H]C(C)(C)c1ccc(-c2ccnc(-c3cc(-c4cccc5c4nc(-c4cc(C(C([2H])([2H])[2H])(C([2H])([2H])[2H])C([2H])([2H])[2H])cc(C(C([2H])([2H])[2H])(C([2H])([2H])[2H])C([2H])([2H])[2H])c4O)n5-c4ccc(C(C([2H])([2H])[2H])(C([2H])([2H])[2H])C([2H])([2H])[2H])cc4-c4ccccc4)cc(C(C)(C)C)c3)c2)cc1. The number of phenols is 1. The number of rotatable bonds is 7. The molecular weight excluding hydrogens is 791 g/mol. The Labute approximate surface area is 427 Å². The number of benzene rings is 6. The van der Waals surface area contributed by atoms with Gasteiger partial charge in [0.1, 0.15) is 11.6 Å². The van der Waals surface area contributed by atoms with Gasteiger partial charge in [0.2, 0.25) is 0 Å². The van der Waals surface area contributed by atoms with Crippen molar-refractivity contribution in [3.8, 4) is 67.5 Å². The average Bonchev–Trinajstić information content (AvgIpc) is 1.43. The smallest absolute Gasteiger partial charge is 0.149 e. The molecule has 0 aliphatic rings. The van der Waals surface area contributed by atoms with Crippen LogP contribution in [0.3, 0.4) is 0 Å². The van der Waals surface area contributed by atoms with Crippen molar-refractivity contribution in [3.63, 3.8) is 0 Å². The maximum absolute atomic E-state index is 13.2. The van der Waals surface area contributed by atoms with Gasteiger partial charge in [0, 0.05) is 66.8 Å². The largest absolute Gasteiger partial charge is 0.507 e. The molecule has 0 radical (unpaired) electrons. The van der Waals surface area contributed by atoms with E-state index in [2.05, 4.69) is 0 Å². The molecule has 0 aliphatic heterocycles. The Hall–Kier alpha value is -6.26. The first-order chi connectivity index (χ1) is 42.0. The van der Waals surface area contributed by atoms with E-state index < -0.39 is 123 Å². The van der Waals surface area contributed by atoms with Gasteiger partial charge in [0.05, 0.1) is 28.0 Å². The van der Waals surface area contributed by atoms with Gasteiger partial charge in [-0.05, 0) is 121 Å². The van der Waals surface area contributed by atoms with Crippen LogP contribution in [0.2, 0.25) is 0 Å². The molecule has 8 aromatic rings. The normalized spacial score (nSPS) is 20.9. The predicted molar refractivity (Wildman–Crippen MR) is 277 cm³/mol. The lowest BCUT2D eigenvalue weighted by Crippen LogP contribution is -2.17. The van der Waals surface area contributed by atoms with Crippen LogP contribution in [0.4, 0.5) is 0 Å². The van der Waals surface area contributed by atoms with Crippen LogP contribution in [0.15, 0.2) is 140 Å². The van der Waals surface area contributed by atoms with E-state index in [4.69, 9.17) is 48.3 Å². The van der Waals surface area contributed by atoms with Gasteiger partial charge in [0.15, 0.2) is 0 Å². The van der Waals surface area contributed by atoms with Crippen LogP contribution >= 0.6 is 0 Å². The Morgan fingerprint density at radius 2 is 1.20 bits per heavy atom. The fourth-order valence-corrected chi connectivity index (χ4v) is 8.01. The number of aromatic nitrogens is 3. The number of pyridine rings is 1. The minimum absolute atomic E-state index is 0.0582. The molecule has 6 aromatic carbocycles. The number of hydrogen-bond acceptors (Lipinski definition) is 3. The number of para-hydroxylation sites is 1. The van der Waals surface area contributed by atoms with E-state index in [0.717, 1.165) is 45.0 Å². The fraction of sp³-hybridized carbons (Fsp3) is 0.311. The van der Waals surface area contributed by atoms with E-state index in [9.17, 15) is 5.11 Å². The van der Waals surface area contributed by atoms with Crippen LogP contribution in [-0.4, -0.2) is 19.6 Å². The summed E-state index contributed by atoms with van der Waals surface area (Å²) in [5.41, 5.74) is -13.4. The van der Waals surface area contributed by atoms with Crippen LogP contribution in [0, 0.1) is 0 Å². The molecular formula is C61H67N3O. The van der Waals surface area contributed by atoms with Gasteiger partial charge in [-0.1, -0.05) is 181 Å². The Bertz CT molecular complexity index is 4000. The van der Waals surface area contributed by atoms with E-state index in [-0.39, 0.29) is 39.5 Å². The molecule has 0 bridgehead atoms. The van der Waals surface area contributed by atoms with Gasteiger partial charge in [-0.15, -0.1) is 0 Å². The zero-order valence-electron chi connectivity index (χ0n) is 64.6. The fourth-order valence-electron chi connectivity index (χ4n) is 8.01. The van der Waals surface area contributed by atoms with Crippen LogP contribution in [0.25, 0.3) is 72.7 Å². The Balaban J connectivity index is 1.65. The van der Waals surface area contributed by atoms with Crippen molar-refractivity contribution < 1.29 is 43.5 Å². The average molecular weight is 886 g/mol. The van der Waals surface area contributed by atoms with E-state index in [1.54, 1.807) is 38.2 Å². The standard InChI is InChI=1S/C61H67N3O/c1-38(2)39-23-25-40(26-24-39)42-29-30-62-52(34-42)44-31-43(32-46(33-44)59(6,7)8)48-21-18-22-54-55(48)63-57(50-36-47(60(9,10)11)37-51(56(50)65)61(12,13)14)64(54)53-28-27-45(58(3,4)5)35-49(53)41-19-16-15-17-20-41/h15-38,65H,1-14H3/i3D3,4D3,5D3,9D3,10D3,11D3,12D3,13D3,14D3,38D. The summed E-state index contributed by atoms with van der Waals surface area (Å²) in [6.45, 7) is -27.6. The molecule has 4 nitrogen and oxygen atoms in total. The van der Waals surface area contributed by atoms with Gasteiger partial charge in [-0.3, -0.25) is 9.55 Å². The molecule has 0 fully saturated rings. The lowest BCUT2D eigenvalue weighted by molar-refractivity contribution is 0.446. The van der Waals surface area contributed by atoms with Crippen molar-refractivity contribution in [1.29, 1.82) is 0 Å². The highest BCUT2D eigenvalue weighted by Crippen LogP contribution is 2.46. The predicted octanol–water partition coefficient (Wildman–Crippen LogP) is 16.8. The molecule has 0 atom stereocenters. The Kier molecular flexibility index (Phi) is 5.70. The molecule has 1 N–H and O–H groups in total. The number of imidazole rings is 1. The molecule has 2 heterocycles. The lowest BCUT2D eigenvalue weighted by atomic mass is 9.79. The van der Waals surface area contributed by atoms with Crippen LogP contribution in [0.1, 0.15) is 168 Å². The second-order valence-corrected chi connectivity index (χ2v) is 17.8. The summed E-state index contributed by atoms with van der Waals surface area (Å²) in [4.78, 5) is 9.84. The van der Waals surface area contributed by atoms with E-state index in [1.807, 2.05) is 69.3 Å². The third kappa shape index (κ3) is 9.06. The maximum Gasteiger partial charge on any atom is 0.149 e. The molecule has 0 amide bonds. The molecule has 0 aliphatic carbocycles. The molecule has 4 heteroatoms. The highest BCUT2D eigenvalue weighted by atomic mass is 16.3. The van der Waals surface area contributed by atoms with Gasteiger partial charge in [-0.2, -0.15) is 0 Å². The summed E-state index contributed by atoms with van der Waals surface area (Å²) >= 11 is 0. The van der Waals surface area contributed by atoms with Crippen LogP contribution < -0.4 is 0 Å². The van der Waals surface area contributed by atoms with Crippen molar-refractivity contribution in [1.82, 2.24) is 14.5 Å². The van der Waals surface area contributed by atoms with Crippen molar-refractivity contribution in [2.24, 2.45) is 0 Å². The maximum atomic E-state index is 13.2. The van der Waals surface area contributed by atoms with E-state index in [1.165, 1.54) is 36.4 Å². The van der Waals surface area contributed by atoms with Crippen molar-refractivity contribution >= 4 is 11.0 Å². The summed E-state index contributed by atoms with van der Waals surface area (Å²) in [6.07, 6.45) is 1.62. The molecule has 0 saturated carbocycles. The van der Waals surface area contributed by atoms with Gasteiger partial charge in [0.25, 0.3) is 0 Å². The second-order valence-electron chi connectivity index (χ2n) is 17.8. The summed E-state index contributed by atoms with van der Waals surface area (Å²) < 4.78 is 246. The van der Waals surface area contributed by atoms with Crippen molar-refractivity contribution in [3.05, 3.63) is 167 Å². The molecule has 0 spiro atoms. The van der Waals surface area contributed by atoms with E-state index in [0.29, 0.717) is 22.9 Å². The first-order valence-corrected chi connectivity index (χ1v) is 20.9. The van der Waals surface area contributed by atoms with Crippen molar-refractivity contribution in [2.75, 3.05) is 0 Å². The zero-order chi connectivity index (χ0) is 70.2. The summed E-state index contributed by atoms with van der Waals surface area (Å²) in [7, 11) is 0. The quantitative estimate of drug-likeness (QED) is 0.173. The highest BCUT2D eigenvalue weighted by molar-refractivity contribution is 5.98. The second kappa shape index (κ2) is 16.6. The molecule has 0 saturated heterocycles. The van der Waals surface area contributed by atoms with Gasteiger partial charge < -0.3 is 5.11 Å². The topological polar surface area (TPSA) is 50.9 Å². The lowest BCUT2D eigenvalue weighted by Gasteiger charge is -2.28. The molecule has 8 rings (SSSR count). The summed E-state index contributed by atoms with van der Waals surface area (Å²) in [5.74, 6) is -3.20. The number of aromatic hydroxyl groups is 1. The van der Waals surface area contributed by atoms with Gasteiger partial charge >= 0.3 is 0 Å². The number of fused-ring (bicyclic) bond motifs is 1. The molecule has 2 aromatic heterocycles. The first kappa shape index (κ1) is 22.3.